The number of benzene rings is 1. The van der Waals surface area contributed by atoms with Crippen LogP contribution in [0, 0.1) is 5.82 Å². The van der Waals surface area contributed by atoms with Crippen molar-refractivity contribution in [2.24, 2.45) is 5.14 Å². The van der Waals surface area contributed by atoms with E-state index in [0.29, 0.717) is 24.8 Å². The van der Waals surface area contributed by atoms with Gasteiger partial charge in [-0.1, -0.05) is 5.16 Å². The second-order valence-corrected chi connectivity index (χ2v) is 6.78. The SMILES string of the molecule is NS(=O)(=O)NCCCCC(NC(=O)O)c1nc(-c2ccc(F)cc2)no1. The second-order valence-electron chi connectivity index (χ2n) is 5.40. The largest absolute Gasteiger partial charge is 0.465 e. The number of hydrogen-bond acceptors (Lipinski definition) is 6. The van der Waals surface area contributed by atoms with Gasteiger partial charge in [0.15, 0.2) is 0 Å². The zero-order valence-corrected chi connectivity index (χ0v) is 14.4. The van der Waals surface area contributed by atoms with Crippen molar-refractivity contribution in [3.63, 3.8) is 0 Å². The van der Waals surface area contributed by atoms with E-state index < -0.39 is 28.2 Å². The van der Waals surface area contributed by atoms with Crippen molar-refractivity contribution >= 4 is 16.3 Å². The highest BCUT2D eigenvalue weighted by atomic mass is 32.2. The quantitative estimate of drug-likeness (QED) is 0.469. The number of carbonyl (C=O) groups is 1. The summed E-state index contributed by atoms with van der Waals surface area (Å²) in [4.78, 5) is 15.1. The first-order chi connectivity index (χ1) is 12.2. The molecule has 0 fully saturated rings. The summed E-state index contributed by atoms with van der Waals surface area (Å²) in [5, 5.41) is 19.8. The van der Waals surface area contributed by atoms with Gasteiger partial charge in [0, 0.05) is 12.1 Å². The maximum atomic E-state index is 13.0. The standard InChI is InChI=1S/C14H18FN5O5S/c15-10-6-4-9(5-7-10)12-19-13(25-20-12)11(18-14(21)22)3-1-2-8-17-26(16,23)24/h4-7,11,17-18H,1-3,8H2,(H,21,22)(H2,16,23,24). The molecular formula is C14H18FN5O5S. The van der Waals surface area contributed by atoms with Crippen molar-refractivity contribution in [2.45, 2.75) is 25.3 Å². The number of rotatable bonds is 9. The molecule has 142 valence electrons. The molecule has 1 amide bonds. The van der Waals surface area contributed by atoms with Crippen molar-refractivity contribution < 1.29 is 27.2 Å². The minimum atomic E-state index is -3.75. The molecule has 1 heterocycles. The van der Waals surface area contributed by atoms with Crippen LogP contribution in [0.25, 0.3) is 11.4 Å². The first kappa shape index (κ1) is 19.8. The number of hydrogen-bond donors (Lipinski definition) is 4. The lowest BCUT2D eigenvalue weighted by atomic mass is 10.1. The molecular weight excluding hydrogens is 369 g/mol. The third-order valence-corrected chi connectivity index (χ3v) is 3.97. The van der Waals surface area contributed by atoms with Crippen molar-refractivity contribution in [3.05, 3.63) is 36.0 Å². The van der Waals surface area contributed by atoms with E-state index in [1.165, 1.54) is 24.3 Å². The average Bonchev–Trinajstić information content (AvgIpc) is 3.02. The van der Waals surface area contributed by atoms with Crippen LogP contribution in [0.3, 0.4) is 0 Å². The maximum Gasteiger partial charge on any atom is 0.405 e. The van der Waals surface area contributed by atoms with Gasteiger partial charge in [-0.25, -0.2) is 19.0 Å². The molecule has 10 nitrogen and oxygen atoms in total. The van der Waals surface area contributed by atoms with Gasteiger partial charge in [-0.2, -0.15) is 13.4 Å². The minimum absolute atomic E-state index is 0.0612. The summed E-state index contributed by atoms with van der Waals surface area (Å²) in [6, 6.07) is 4.68. The number of halogens is 1. The summed E-state index contributed by atoms with van der Waals surface area (Å²) in [5.41, 5.74) is 0.521. The molecule has 0 saturated carbocycles. The van der Waals surface area contributed by atoms with Crippen LogP contribution in [-0.2, 0) is 10.2 Å². The molecule has 0 radical (unpaired) electrons. The highest BCUT2D eigenvalue weighted by molar-refractivity contribution is 7.87. The summed E-state index contributed by atoms with van der Waals surface area (Å²) in [6.45, 7) is 0.128. The van der Waals surface area contributed by atoms with Crippen LogP contribution >= 0.6 is 0 Å². The summed E-state index contributed by atoms with van der Waals surface area (Å²) in [6.07, 6.45) is -0.0438. The Hall–Kier alpha value is -2.57. The molecule has 0 aliphatic rings. The molecule has 0 aliphatic carbocycles. The van der Waals surface area contributed by atoms with Crippen LogP contribution in [0.4, 0.5) is 9.18 Å². The Balaban J connectivity index is 2.00. The van der Waals surface area contributed by atoms with Gasteiger partial charge in [-0.05, 0) is 43.5 Å². The van der Waals surface area contributed by atoms with Gasteiger partial charge in [-0.3, -0.25) is 0 Å². The molecule has 2 aromatic rings. The van der Waals surface area contributed by atoms with Gasteiger partial charge in [0.1, 0.15) is 11.9 Å². The molecule has 0 bridgehead atoms. The Morgan fingerprint density at radius 2 is 2.00 bits per heavy atom. The van der Waals surface area contributed by atoms with Gasteiger partial charge in [-0.15, -0.1) is 0 Å². The Bertz CT molecular complexity index is 840. The van der Waals surface area contributed by atoms with Crippen LogP contribution in [0.1, 0.15) is 31.2 Å². The Labute approximate surface area is 148 Å². The van der Waals surface area contributed by atoms with E-state index in [-0.39, 0.29) is 18.3 Å². The molecule has 0 spiro atoms. The molecule has 12 heteroatoms. The maximum absolute atomic E-state index is 13.0. The molecule has 26 heavy (non-hydrogen) atoms. The summed E-state index contributed by atoms with van der Waals surface area (Å²) in [5.74, 6) is -0.143. The smallest absolute Gasteiger partial charge is 0.405 e. The fourth-order valence-corrected chi connectivity index (χ4v) is 2.62. The van der Waals surface area contributed by atoms with Gasteiger partial charge < -0.3 is 14.9 Å². The molecule has 0 saturated heterocycles. The Morgan fingerprint density at radius 1 is 1.31 bits per heavy atom. The van der Waals surface area contributed by atoms with E-state index in [1.54, 1.807) is 0 Å². The third-order valence-electron chi connectivity index (χ3n) is 3.36. The van der Waals surface area contributed by atoms with Crippen molar-refractivity contribution in [1.29, 1.82) is 0 Å². The normalized spacial score (nSPS) is 12.7. The lowest BCUT2D eigenvalue weighted by molar-refractivity contribution is 0.184. The van der Waals surface area contributed by atoms with E-state index in [1.807, 2.05) is 0 Å². The van der Waals surface area contributed by atoms with Crippen LogP contribution < -0.4 is 15.2 Å². The van der Waals surface area contributed by atoms with E-state index in [2.05, 4.69) is 20.2 Å². The van der Waals surface area contributed by atoms with E-state index >= 15 is 0 Å². The highest BCUT2D eigenvalue weighted by Gasteiger charge is 2.21. The monoisotopic (exact) mass is 387 g/mol. The number of nitrogens with one attached hydrogen (secondary N) is 2. The number of amides is 1. The van der Waals surface area contributed by atoms with Gasteiger partial charge >= 0.3 is 6.09 Å². The molecule has 5 N–H and O–H groups in total. The molecule has 1 atom stereocenters. The lowest BCUT2D eigenvalue weighted by Gasteiger charge is -2.12. The summed E-state index contributed by atoms with van der Waals surface area (Å²) < 4.78 is 41.8. The van der Waals surface area contributed by atoms with Crippen LogP contribution in [0.15, 0.2) is 28.8 Å². The lowest BCUT2D eigenvalue weighted by Crippen LogP contribution is -2.31. The number of aromatic nitrogens is 2. The molecule has 2 rings (SSSR count). The van der Waals surface area contributed by atoms with Crippen LogP contribution in [0.5, 0.6) is 0 Å². The predicted octanol–water partition coefficient (Wildman–Crippen LogP) is 1.15. The van der Waals surface area contributed by atoms with Crippen molar-refractivity contribution in [1.82, 2.24) is 20.2 Å². The zero-order chi connectivity index (χ0) is 19.2. The number of nitrogens with two attached hydrogens (primary N) is 1. The number of unbranched alkanes of at least 4 members (excludes halogenated alkanes) is 1. The topological polar surface area (TPSA) is 160 Å². The van der Waals surface area contributed by atoms with Crippen LogP contribution in [-0.4, -0.2) is 36.3 Å². The minimum Gasteiger partial charge on any atom is -0.465 e. The summed E-state index contributed by atoms with van der Waals surface area (Å²) >= 11 is 0. The summed E-state index contributed by atoms with van der Waals surface area (Å²) in [7, 11) is -3.75. The van der Waals surface area contributed by atoms with E-state index in [0.717, 1.165) is 0 Å². The predicted molar refractivity (Wildman–Crippen MR) is 88.6 cm³/mol. The highest BCUT2D eigenvalue weighted by Crippen LogP contribution is 2.22. The number of carboxylic acid groups (broad SMARTS) is 1. The third kappa shape index (κ3) is 6.38. The fraction of sp³-hybridized carbons (Fsp3) is 0.357. The van der Waals surface area contributed by atoms with Gasteiger partial charge in [0.25, 0.3) is 10.2 Å². The Morgan fingerprint density at radius 3 is 2.62 bits per heavy atom. The zero-order valence-electron chi connectivity index (χ0n) is 13.6. The fourth-order valence-electron chi connectivity index (χ4n) is 2.19. The van der Waals surface area contributed by atoms with Crippen molar-refractivity contribution in [3.8, 4) is 11.4 Å². The second kappa shape index (κ2) is 8.69. The average molecular weight is 387 g/mol. The first-order valence-electron chi connectivity index (χ1n) is 7.61. The van der Waals surface area contributed by atoms with Crippen LogP contribution in [0.2, 0.25) is 0 Å². The number of nitrogens with zero attached hydrogens (tertiary/aromatic N) is 2. The first-order valence-corrected chi connectivity index (χ1v) is 9.15. The molecule has 1 aromatic carbocycles. The molecule has 1 unspecified atom stereocenters. The van der Waals surface area contributed by atoms with Gasteiger partial charge in [0.05, 0.1) is 0 Å². The Kier molecular flexibility index (Phi) is 6.60. The van der Waals surface area contributed by atoms with E-state index in [4.69, 9.17) is 14.8 Å². The van der Waals surface area contributed by atoms with Gasteiger partial charge in [0.2, 0.25) is 11.7 Å². The molecule has 0 aliphatic heterocycles. The molecule has 1 aromatic heterocycles. The van der Waals surface area contributed by atoms with E-state index in [9.17, 15) is 17.6 Å². The van der Waals surface area contributed by atoms with Crippen molar-refractivity contribution in [2.75, 3.05) is 6.54 Å².